The summed E-state index contributed by atoms with van der Waals surface area (Å²) in [6.45, 7) is 10.8. The fraction of sp³-hybridized carbons (Fsp3) is 0.556. The van der Waals surface area contributed by atoms with Gasteiger partial charge >= 0.3 is 5.97 Å². The van der Waals surface area contributed by atoms with Gasteiger partial charge in [0.15, 0.2) is 0 Å². The Kier molecular flexibility index (Phi) is 6.98. The molecule has 1 aromatic carbocycles. The predicted octanol–water partition coefficient (Wildman–Crippen LogP) is 3.98. The first-order chi connectivity index (χ1) is 10.9. The van der Waals surface area contributed by atoms with Crippen LogP contribution in [0.15, 0.2) is 22.6 Å². The van der Waals surface area contributed by atoms with E-state index in [1.165, 1.54) is 12.3 Å². The molecule has 0 N–H and O–H groups in total. The normalized spacial score (nSPS) is 14.0. The molecule has 4 nitrogen and oxygen atoms in total. The van der Waals surface area contributed by atoms with Gasteiger partial charge in [-0.2, -0.15) is 0 Å². The third-order valence-electron chi connectivity index (χ3n) is 2.96. The number of hydrogen-bond donors (Lipinski definition) is 0. The van der Waals surface area contributed by atoms with Gasteiger partial charge in [-0.3, -0.25) is 4.79 Å². The predicted molar refractivity (Wildman–Crippen MR) is 96.1 cm³/mol. The van der Waals surface area contributed by atoms with Crippen molar-refractivity contribution >= 4 is 23.5 Å². The van der Waals surface area contributed by atoms with Crippen molar-refractivity contribution in [1.82, 2.24) is 0 Å². The summed E-state index contributed by atoms with van der Waals surface area (Å²) < 4.78 is 34.8. The minimum Gasteiger partial charge on any atom is -0.591 e. The van der Waals surface area contributed by atoms with Crippen LogP contribution >= 0.6 is 0 Å². The van der Waals surface area contributed by atoms with Crippen molar-refractivity contribution in [3.8, 4) is 0 Å². The molecule has 6 heteroatoms. The number of aryl methyl sites for hydroxylation is 1. The molecule has 0 fully saturated rings. The van der Waals surface area contributed by atoms with Gasteiger partial charge in [0.05, 0.1) is 6.21 Å². The molecule has 0 saturated carbocycles. The Hall–Kier alpha value is -1.40. The fourth-order valence-electron chi connectivity index (χ4n) is 1.83. The number of halogens is 1. The molecule has 0 aliphatic heterocycles. The van der Waals surface area contributed by atoms with Crippen LogP contribution in [0.3, 0.4) is 0 Å². The van der Waals surface area contributed by atoms with Gasteiger partial charge < -0.3 is 9.29 Å². The molecular weight excluding hydrogens is 329 g/mol. The van der Waals surface area contributed by atoms with Crippen LogP contribution in [-0.2, 0) is 27.3 Å². The Morgan fingerprint density at radius 2 is 1.92 bits per heavy atom. The lowest BCUT2D eigenvalue weighted by Crippen LogP contribution is -2.26. The zero-order valence-corrected chi connectivity index (χ0v) is 16.0. The highest BCUT2D eigenvalue weighted by atomic mass is 32.2. The van der Waals surface area contributed by atoms with Crippen molar-refractivity contribution in [2.24, 2.45) is 4.40 Å². The highest BCUT2D eigenvalue weighted by Crippen LogP contribution is 2.19. The molecule has 1 rings (SSSR count). The number of nitrogens with zero attached hydrogens (tertiary/aromatic N) is 1. The van der Waals surface area contributed by atoms with Crippen molar-refractivity contribution in [3.63, 3.8) is 0 Å². The number of ether oxygens (including phenoxy) is 1. The van der Waals surface area contributed by atoms with E-state index in [1.54, 1.807) is 53.7 Å². The van der Waals surface area contributed by atoms with Crippen LogP contribution in [0.5, 0.6) is 0 Å². The molecule has 0 aliphatic carbocycles. The topological polar surface area (TPSA) is 61.7 Å². The zero-order valence-electron chi connectivity index (χ0n) is 15.2. The second-order valence-electron chi connectivity index (χ2n) is 7.50. The molecule has 0 saturated heterocycles. The molecule has 0 bridgehead atoms. The van der Waals surface area contributed by atoms with E-state index in [0.717, 1.165) is 0 Å². The van der Waals surface area contributed by atoms with Gasteiger partial charge in [0, 0.05) is 12.0 Å². The van der Waals surface area contributed by atoms with E-state index in [9.17, 15) is 13.7 Å². The molecule has 24 heavy (non-hydrogen) atoms. The molecule has 0 aliphatic rings. The molecule has 0 aromatic heterocycles. The first-order valence-electron chi connectivity index (χ1n) is 7.85. The van der Waals surface area contributed by atoms with E-state index >= 15 is 0 Å². The van der Waals surface area contributed by atoms with Crippen LogP contribution in [0.4, 0.5) is 4.39 Å². The van der Waals surface area contributed by atoms with Crippen LogP contribution in [0, 0.1) is 5.82 Å². The Morgan fingerprint density at radius 3 is 2.46 bits per heavy atom. The minimum atomic E-state index is -1.47. The lowest BCUT2D eigenvalue weighted by molar-refractivity contribution is -0.154. The average molecular weight is 355 g/mol. The van der Waals surface area contributed by atoms with Crippen LogP contribution in [0.1, 0.15) is 59.1 Å². The Balaban J connectivity index is 2.88. The summed E-state index contributed by atoms with van der Waals surface area (Å²) in [5.41, 5.74) is 0.349. The number of benzene rings is 1. The van der Waals surface area contributed by atoms with Crippen molar-refractivity contribution in [2.45, 2.75) is 64.7 Å². The number of hydrogen-bond acceptors (Lipinski definition) is 4. The highest BCUT2D eigenvalue weighted by molar-refractivity contribution is 7.91. The molecule has 0 amide bonds. The maximum Gasteiger partial charge on any atom is 0.306 e. The number of rotatable bonds is 5. The lowest BCUT2D eigenvalue weighted by Gasteiger charge is -2.19. The van der Waals surface area contributed by atoms with Crippen LogP contribution in [0.2, 0.25) is 0 Å². The van der Waals surface area contributed by atoms with Gasteiger partial charge in [0.2, 0.25) is 0 Å². The first-order valence-corrected chi connectivity index (χ1v) is 8.96. The lowest BCUT2D eigenvalue weighted by atomic mass is 10.0. The first kappa shape index (κ1) is 20.6. The smallest absolute Gasteiger partial charge is 0.306 e. The maximum atomic E-state index is 14.1. The van der Waals surface area contributed by atoms with E-state index in [0.29, 0.717) is 12.0 Å². The Morgan fingerprint density at radius 1 is 1.29 bits per heavy atom. The van der Waals surface area contributed by atoms with Gasteiger partial charge in [-0.05, 0) is 59.6 Å². The van der Waals surface area contributed by atoms with Gasteiger partial charge in [0.1, 0.15) is 27.5 Å². The van der Waals surface area contributed by atoms with Gasteiger partial charge in [-0.15, -0.1) is 0 Å². The number of carbonyl (C=O) groups is 1. The van der Waals surface area contributed by atoms with Crippen LogP contribution in [0.25, 0.3) is 0 Å². The largest absolute Gasteiger partial charge is 0.591 e. The summed E-state index contributed by atoms with van der Waals surface area (Å²) in [4.78, 5) is 11.8. The molecule has 0 spiro atoms. The Bertz CT molecular complexity index is 603. The van der Waals surface area contributed by atoms with E-state index < -0.39 is 27.5 Å². The van der Waals surface area contributed by atoms with Crippen molar-refractivity contribution < 1.29 is 18.5 Å². The number of esters is 1. The highest BCUT2D eigenvalue weighted by Gasteiger charge is 2.26. The SMILES string of the molecule is CC(C)(C)OC(=O)CCc1cccc(F)c1C=N[S@@+]([O-])C(C)(C)C. The molecule has 0 radical (unpaired) electrons. The monoisotopic (exact) mass is 355 g/mol. The van der Waals surface area contributed by atoms with Crippen molar-refractivity contribution in [1.29, 1.82) is 0 Å². The van der Waals surface area contributed by atoms with Crippen LogP contribution in [-0.4, -0.2) is 27.1 Å². The zero-order chi connectivity index (χ0) is 18.5. The third kappa shape index (κ3) is 7.01. The molecular formula is C18H26FNO3S. The summed E-state index contributed by atoms with van der Waals surface area (Å²) in [5, 5.41) is 0. The quantitative estimate of drug-likeness (QED) is 0.456. The van der Waals surface area contributed by atoms with E-state index in [1.807, 2.05) is 0 Å². The second kappa shape index (κ2) is 8.12. The standard InChI is InChI=1S/C18H26FNO3S/c1-17(2,3)23-16(21)11-10-13-8-7-9-15(19)14(13)12-20-24(22)18(4,5)6/h7-9,12H,10-11H2,1-6H3/t24-/m0/s1. The van der Waals surface area contributed by atoms with E-state index in [-0.39, 0.29) is 18.0 Å². The third-order valence-corrected chi connectivity index (χ3v) is 4.31. The number of carbonyl (C=O) groups excluding carboxylic acids is 1. The van der Waals surface area contributed by atoms with Gasteiger partial charge in [-0.25, -0.2) is 4.39 Å². The summed E-state index contributed by atoms with van der Waals surface area (Å²) in [7, 11) is 0. The molecule has 1 aromatic rings. The van der Waals surface area contributed by atoms with Crippen molar-refractivity contribution in [2.75, 3.05) is 0 Å². The molecule has 134 valence electrons. The minimum absolute atomic E-state index is 0.143. The Labute approximate surface area is 146 Å². The average Bonchev–Trinajstić information content (AvgIpc) is 2.40. The van der Waals surface area contributed by atoms with E-state index in [2.05, 4.69) is 4.40 Å². The van der Waals surface area contributed by atoms with Crippen molar-refractivity contribution in [3.05, 3.63) is 35.1 Å². The second-order valence-corrected chi connectivity index (χ2v) is 9.43. The fourth-order valence-corrected chi connectivity index (χ4v) is 2.35. The molecule has 0 heterocycles. The summed E-state index contributed by atoms with van der Waals surface area (Å²) in [6, 6.07) is 4.63. The van der Waals surface area contributed by atoms with E-state index in [4.69, 9.17) is 4.74 Å². The van der Waals surface area contributed by atoms with Crippen LogP contribution < -0.4 is 0 Å². The molecule has 1 atom stereocenters. The summed E-state index contributed by atoms with van der Waals surface area (Å²) in [5.74, 6) is -0.792. The maximum absolute atomic E-state index is 14.1. The summed E-state index contributed by atoms with van der Waals surface area (Å²) in [6.07, 6.45) is 1.77. The summed E-state index contributed by atoms with van der Waals surface area (Å²) >= 11 is -1.47. The van der Waals surface area contributed by atoms with Gasteiger partial charge in [0.25, 0.3) is 0 Å². The molecule has 0 unspecified atom stereocenters. The van der Waals surface area contributed by atoms with Gasteiger partial charge in [-0.1, -0.05) is 16.5 Å².